The lowest BCUT2D eigenvalue weighted by atomic mass is 10.0. The second-order valence-electron chi connectivity index (χ2n) is 3.12. The maximum Gasteiger partial charge on any atom is -0.00270 e. The largest absolute Gasteiger partial charge is 0.404 e. The van der Waals surface area contributed by atoms with Crippen LogP contribution in [0, 0.1) is 0 Å². The summed E-state index contributed by atoms with van der Waals surface area (Å²) < 4.78 is 0. The van der Waals surface area contributed by atoms with Crippen molar-refractivity contribution in [3.05, 3.63) is 35.6 Å². The number of hydrogen-bond donors (Lipinski definition) is 1. The number of nitrogens with two attached hydrogens (primary N) is 1. The van der Waals surface area contributed by atoms with Crippen molar-refractivity contribution in [3.8, 4) is 0 Å². The van der Waals surface area contributed by atoms with Crippen molar-refractivity contribution in [3.63, 3.8) is 0 Å². The molecule has 1 nitrogen and oxygen atoms in total. The Bertz CT molecular complexity index is 209. The molecule has 68 valence electrons. The molecule has 0 heterocycles. The van der Waals surface area contributed by atoms with Gasteiger partial charge in [-0.3, -0.25) is 0 Å². The second kappa shape index (κ2) is 5.64. The maximum atomic E-state index is 5.50. The molecule has 0 saturated heterocycles. The molecule has 0 unspecified atom stereocenters. The molecule has 0 aromatic rings. The monoisotopic (exact) mass is 165 g/mol. The molecule has 0 aromatic heterocycles. The summed E-state index contributed by atoms with van der Waals surface area (Å²) in [4.78, 5) is 0. The van der Waals surface area contributed by atoms with E-state index in [2.05, 4.69) is 26.5 Å². The third-order valence-electron chi connectivity index (χ3n) is 1.69. The Hall–Kier alpha value is -0.980. The summed E-state index contributed by atoms with van der Waals surface area (Å²) in [6.07, 6.45) is 5.93. The van der Waals surface area contributed by atoms with Gasteiger partial charge in [-0.25, -0.2) is 0 Å². The van der Waals surface area contributed by atoms with E-state index in [1.54, 1.807) is 6.20 Å². The standard InChI is InChI=1S/C11H19N/c1-5-6-11(8-12)10(4)7-9(2)3/h7-8H,2,5-6,12H2,1,3-4H3/b10-7-,11-8-. The Morgan fingerprint density at radius 1 is 1.42 bits per heavy atom. The zero-order chi connectivity index (χ0) is 9.56. The fraction of sp³-hybridized carbons (Fsp3) is 0.455. The highest BCUT2D eigenvalue weighted by atomic mass is 14.5. The van der Waals surface area contributed by atoms with Gasteiger partial charge in [0.2, 0.25) is 0 Å². The lowest BCUT2D eigenvalue weighted by Crippen LogP contribution is -1.91. The predicted octanol–water partition coefficient (Wildman–Crippen LogP) is 3.15. The lowest BCUT2D eigenvalue weighted by Gasteiger charge is -2.05. The molecule has 0 aliphatic rings. The summed E-state index contributed by atoms with van der Waals surface area (Å²) in [5.74, 6) is 0. The van der Waals surface area contributed by atoms with E-state index >= 15 is 0 Å². The molecule has 0 radical (unpaired) electrons. The Kier molecular flexibility index (Phi) is 5.18. The first-order valence-corrected chi connectivity index (χ1v) is 4.36. The van der Waals surface area contributed by atoms with E-state index in [-0.39, 0.29) is 0 Å². The zero-order valence-corrected chi connectivity index (χ0v) is 8.35. The lowest BCUT2D eigenvalue weighted by molar-refractivity contribution is 0.907. The normalized spacial score (nSPS) is 13.2. The summed E-state index contributed by atoms with van der Waals surface area (Å²) in [6.45, 7) is 10.0. The minimum atomic E-state index is 1.05. The summed E-state index contributed by atoms with van der Waals surface area (Å²) >= 11 is 0. The number of rotatable bonds is 4. The van der Waals surface area contributed by atoms with Crippen molar-refractivity contribution < 1.29 is 0 Å². The summed E-state index contributed by atoms with van der Waals surface area (Å²) in [6, 6.07) is 0. The highest BCUT2D eigenvalue weighted by Gasteiger charge is 1.97. The molecule has 0 aliphatic carbocycles. The number of hydrogen-bond acceptors (Lipinski definition) is 1. The summed E-state index contributed by atoms with van der Waals surface area (Å²) in [5, 5.41) is 0. The molecule has 0 atom stereocenters. The van der Waals surface area contributed by atoms with Gasteiger partial charge in [-0.1, -0.05) is 31.6 Å². The van der Waals surface area contributed by atoms with Crippen LogP contribution < -0.4 is 5.73 Å². The molecule has 0 aliphatic heterocycles. The van der Waals surface area contributed by atoms with Crippen molar-refractivity contribution >= 4 is 0 Å². The van der Waals surface area contributed by atoms with Gasteiger partial charge < -0.3 is 5.73 Å². The molecule has 0 aromatic carbocycles. The molecule has 0 fully saturated rings. The van der Waals surface area contributed by atoms with Crippen LogP contribution in [0.2, 0.25) is 0 Å². The molecule has 2 N–H and O–H groups in total. The molecular weight excluding hydrogens is 146 g/mol. The van der Waals surface area contributed by atoms with E-state index in [0.29, 0.717) is 0 Å². The highest BCUT2D eigenvalue weighted by Crippen LogP contribution is 2.15. The molecule has 12 heavy (non-hydrogen) atoms. The third-order valence-corrected chi connectivity index (χ3v) is 1.69. The van der Waals surface area contributed by atoms with Crippen molar-refractivity contribution in [1.29, 1.82) is 0 Å². The van der Waals surface area contributed by atoms with E-state index in [1.807, 2.05) is 6.92 Å². The van der Waals surface area contributed by atoms with Crippen molar-refractivity contribution in [2.45, 2.75) is 33.6 Å². The fourth-order valence-electron chi connectivity index (χ4n) is 1.14. The molecular formula is C11H19N. The maximum absolute atomic E-state index is 5.50. The first-order chi connectivity index (χ1) is 5.61. The highest BCUT2D eigenvalue weighted by molar-refractivity contribution is 5.33. The fourth-order valence-corrected chi connectivity index (χ4v) is 1.14. The SMILES string of the molecule is C=C(C)/C=C(C)\C(=C/N)CCC. The Balaban J connectivity index is 4.42. The zero-order valence-electron chi connectivity index (χ0n) is 8.35. The molecule has 0 rings (SSSR count). The van der Waals surface area contributed by atoms with E-state index in [0.717, 1.165) is 18.4 Å². The predicted molar refractivity (Wildman–Crippen MR) is 55.7 cm³/mol. The van der Waals surface area contributed by atoms with Crippen LogP contribution in [-0.2, 0) is 0 Å². The van der Waals surface area contributed by atoms with Crippen LogP contribution in [0.5, 0.6) is 0 Å². The van der Waals surface area contributed by atoms with E-state index in [1.165, 1.54) is 11.1 Å². The quantitative estimate of drug-likeness (QED) is 0.636. The Morgan fingerprint density at radius 2 is 2.00 bits per heavy atom. The van der Waals surface area contributed by atoms with Gasteiger partial charge in [0.15, 0.2) is 0 Å². The molecule has 0 spiro atoms. The topological polar surface area (TPSA) is 26.0 Å². The summed E-state index contributed by atoms with van der Waals surface area (Å²) in [5.41, 5.74) is 9.03. The first kappa shape index (κ1) is 11.0. The van der Waals surface area contributed by atoms with E-state index in [9.17, 15) is 0 Å². The first-order valence-electron chi connectivity index (χ1n) is 4.36. The van der Waals surface area contributed by atoms with Crippen molar-refractivity contribution in [2.75, 3.05) is 0 Å². The minimum Gasteiger partial charge on any atom is -0.404 e. The third kappa shape index (κ3) is 4.02. The molecule has 1 heteroatoms. The second-order valence-corrected chi connectivity index (χ2v) is 3.12. The smallest absolute Gasteiger partial charge is 0.00270 e. The Labute approximate surface area is 75.7 Å². The van der Waals surface area contributed by atoms with Crippen molar-refractivity contribution in [1.82, 2.24) is 0 Å². The van der Waals surface area contributed by atoms with Crippen LogP contribution in [0.3, 0.4) is 0 Å². The van der Waals surface area contributed by atoms with Crippen LogP contribution >= 0.6 is 0 Å². The van der Waals surface area contributed by atoms with E-state index in [4.69, 9.17) is 5.73 Å². The van der Waals surface area contributed by atoms with Crippen LogP contribution in [0.1, 0.15) is 33.6 Å². The van der Waals surface area contributed by atoms with Gasteiger partial charge in [-0.05, 0) is 37.6 Å². The van der Waals surface area contributed by atoms with Gasteiger partial charge in [-0.15, -0.1) is 0 Å². The van der Waals surface area contributed by atoms with Crippen molar-refractivity contribution in [2.24, 2.45) is 5.73 Å². The van der Waals surface area contributed by atoms with Gasteiger partial charge in [0.25, 0.3) is 0 Å². The van der Waals surface area contributed by atoms with Gasteiger partial charge >= 0.3 is 0 Å². The molecule has 0 saturated carbocycles. The average molecular weight is 165 g/mol. The van der Waals surface area contributed by atoms with Gasteiger partial charge in [-0.2, -0.15) is 0 Å². The van der Waals surface area contributed by atoms with Crippen LogP contribution in [0.15, 0.2) is 35.6 Å². The van der Waals surface area contributed by atoms with Crippen LogP contribution in [-0.4, -0.2) is 0 Å². The number of allylic oxidation sites excluding steroid dienone is 4. The Morgan fingerprint density at radius 3 is 2.33 bits per heavy atom. The van der Waals surface area contributed by atoms with E-state index < -0.39 is 0 Å². The summed E-state index contributed by atoms with van der Waals surface area (Å²) in [7, 11) is 0. The van der Waals surface area contributed by atoms with Crippen LogP contribution in [0.4, 0.5) is 0 Å². The van der Waals surface area contributed by atoms with Gasteiger partial charge in [0, 0.05) is 0 Å². The average Bonchev–Trinajstić information content (AvgIpc) is 1.98. The molecule has 0 amide bonds. The van der Waals surface area contributed by atoms with Gasteiger partial charge in [0.1, 0.15) is 0 Å². The van der Waals surface area contributed by atoms with Gasteiger partial charge in [0.05, 0.1) is 0 Å². The minimum absolute atomic E-state index is 1.05. The van der Waals surface area contributed by atoms with Crippen LogP contribution in [0.25, 0.3) is 0 Å². The molecule has 0 bridgehead atoms.